The van der Waals surface area contributed by atoms with E-state index in [-0.39, 0.29) is 23.1 Å². The van der Waals surface area contributed by atoms with Crippen LogP contribution in [-0.2, 0) is 6.54 Å². The standard InChI is InChI=1S/C34H41ClN4O3/c1-6-7-19-39-32-28(16-10-18-36-32)29(24-12-8-13-25(21-24)42-20-11-17-35)31(33(39)40)38-34(41)37-30-26(22(2)3)14-9-15-27(30)23(4)5/h8-10,12-16,18,21-23H,6-7,11,17,19-20H2,1-5H3,(H2,37,38,41). The first-order valence-corrected chi connectivity index (χ1v) is 15.3. The van der Waals surface area contributed by atoms with Crippen LogP contribution in [0.3, 0.4) is 0 Å². The number of unbranched alkanes of at least 4 members (excludes halogenated alkanes) is 1. The summed E-state index contributed by atoms with van der Waals surface area (Å²) in [6.07, 6.45) is 4.13. The number of hydrogen-bond acceptors (Lipinski definition) is 4. The summed E-state index contributed by atoms with van der Waals surface area (Å²) in [5.74, 6) is 1.57. The van der Waals surface area contributed by atoms with E-state index in [9.17, 15) is 9.59 Å². The van der Waals surface area contributed by atoms with Gasteiger partial charge in [-0.05, 0) is 65.6 Å². The van der Waals surface area contributed by atoms with Crippen LogP contribution in [0.1, 0.15) is 76.8 Å². The Kier molecular flexibility index (Phi) is 10.6. The number of carbonyl (C=O) groups excluding carboxylic acids is 1. The molecule has 4 aromatic rings. The number of rotatable bonds is 12. The van der Waals surface area contributed by atoms with Gasteiger partial charge in [0.2, 0.25) is 0 Å². The van der Waals surface area contributed by atoms with E-state index in [0.29, 0.717) is 36.0 Å². The highest BCUT2D eigenvalue weighted by molar-refractivity contribution is 6.17. The van der Waals surface area contributed by atoms with Crippen LogP contribution in [0.5, 0.6) is 5.75 Å². The lowest BCUT2D eigenvalue weighted by Gasteiger charge is -2.22. The van der Waals surface area contributed by atoms with Crippen molar-refractivity contribution in [3.8, 4) is 16.9 Å². The van der Waals surface area contributed by atoms with Gasteiger partial charge in [0.15, 0.2) is 0 Å². The number of nitrogens with zero attached hydrogens (tertiary/aromatic N) is 2. The van der Waals surface area contributed by atoms with E-state index >= 15 is 0 Å². The summed E-state index contributed by atoms with van der Waals surface area (Å²) in [7, 11) is 0. The zero-order valence-corrected chi connectivity index (χ0v) is 25.9. The normalized spacial score (nSPS) is 11.3. The van der Waals surface area contributed by atoms with E-state index in [1.54, 1.807) is 10.8 Å². The lowest BCUT2D eigenvalue weighted by Crippen LogP contribution is -2.30. The highest BCUT2D eigenvalue weighted by Crippen LogP contribution is 2.36. The molecule has 42 heavy (non-hydrogen) atoms. The first-order chi connectivity index (χ1) is 20.3. The van der Waals surface area contributed by atoms with Crippen molar-refractivity contribution in [3.63, 3.8) is 0 Å². The number of para-hydroxylation sites is 1. The maximum absolute atomic E-state index is 14.2. The molecule has 0 aliphatic rings. The molecule has 2 aromatic carbocycles. The number of benzene rings is 2. The van der Waals surface area contributed by atoms with Crippen LogP contribution in [0.4, 0.5) is 16.2 Å². The van der Waals surface area contributed by atoms with E-state index in [2.05, 4.69) is 50.2 Å². The van der Waals surface area contributed by atoms with Crippen molar-refractivity contribution in [2.75, 3.05) is 23.1 Å². The molecule has 0 atom stereocenters. The minimum atomic E-state index is -0.469. The third-order valence-corrected chi connectivity index (χ3v) is 7.54. The molecule has 0 fully saturated rings. The Balaban J connectivity index is 1.87. The maximum Gasteiger partial charge on any atom is 0.323 e. The third-order valence-electron chi connectivity index (χ3n) is 7.28. The highest BCUT2D eigenvalue weighted by atomic mass is 35.5. The summed E-state index contributed by atoms with van der Waals surface area (Å²) in [5.41, 5.74) is 4.71. The molecule has 222 valence electrons. The number of anilines is 2. The third kappa shape index (κ3) is 6.96. The molecule has 2 aromatic heterocycles. The molecule has 0 aliphatic carbocycles. The Morgan fingerprint density at radius 1 is 0.952 bits per heavy atom. The number of fused-ring (bicyclic) bond motifs is 1. The van der Waals surface area contributed by atoms with Crippen LogP contribution < -0.4 is 20.9 Å². The lowest BCUT2D eigenvalue weighted by atomic mass is 9.93. The van der Waals surface area contributed by atoms with Gasteiger partial charge < -0.3 is 15.4 Å². The molecule has 0 spiro atoms. The minimum absolute atomic E-state index is 0.203. The Bertz CT molecular complexity index is 1570. The van der Waals surface area contributed by atoms with Crippen molar-refractivity contribution in [2.45, 2.75) is 72.3 Å². The number of urea groups is 1. The van der Waals surface area contributed by atoms with Crippen LogP contribution in [0.2, 0.25) is 0 Å². The van der Waals surface area contributed by atoms with Gasteiger partial charge >= 0.3 is 6.03 Å². The Morgan fingerprint density at radius 3 is 2.31 bits per heavy atom. The lowest BCUT2D eigenvalue weighted by molar-refractivity contribution is 0.262. The van der Waals surface area contributed by atoms with Gasteiger partial charge in [-0.3, -0.25) is 9.36 Å². The van der Waals surface area contributed by atoms with Crippen molar-refractivity contribution >= 4 is 40.0 Å². The summed E-state index contributed by atoms with van der Waals surface area (Å²) in [6, 6.07) is 17.0. The van der Waals surface area contributed by atoms with Crippen molar-refractivity contribution in [2.24, 2.45) is 0 Å². The number of amides is 2. The average molecular weight is 589 g/mol. The first-order valence-electron chi connectivity index (χ1n) is 14.8. The minimum Gasteiger partial charge on any atom is -0.494 e. The predicted molar refractivity (Wildman–Crippen MR) is 174 cm³/mol. The Labute approximate surface area is 253 Å². The molecule has 0 aliphatic heterocycles. The SMILES string of the molecule is CCCCn1c(=O)c(NC(=O)Nc2c(C(C)C)cccc2C(C)C)c(-c2cccc(OCCCCl)c2)c2cccnc21. The van der Waals surface area contributed by atoms with E-state index < -0.39 is 6.03 Å². The average Bonchev–Trinajstić information content (AvgIpc) is 2.97. The zero-order valence-electron chi connectivity index (χ0n) is 25.2. The maximum atomic E-state index is 14.2. The summed E-state index contributed by atoms with van der Waals surface area (Å²) < 4.78 is 7.58. The highest BCUT2D eigenvalue weighted by Gasteiger charge is 2.22. The number of ether oxygens (including phenoxy) is 1. The van der Waals surface area contributed by atoms with Gasteiger partial charge in [0.05, 0.1) is 6.61 Å². The van der Waals surface area contributed by atoms with E-state index in [1.807, 2.05) is 54.6 Å². The Hall–Kier alpha value is -3.84. The molecule has 0 unspecified atom stereocenters. The van der Waals surface area contributed by atoms with Crippen molar-refractivity contribution in [1.82, 2.24) is 9.55 Å². The van der Waals surface area contributed by atoms with Gasteiger partial charge in [-0.15, -0.1) is 11.6 Å². The van der Waals surface area contributed by atoms with E-state index in [4.69, 9.17) is 16.3 Å². The van der Waals surface area contributed by atoms with Crippen molar-refractivity contribution < 1.29 is 9.53 Å². The molecule has 2 N–H and O–H groups in total. The van der Waals surface area contributed by atoms with Gasteiger partial charge in [-0.25, -0.2) is 9.78 Å². The zero-order chi connectivity index (χ0) is 30.2. The second kappa shape index (κ2) is 14.4. The molecule has 0 radical (unpaired) electrons. The number of nitrogens with one attached hydrogen (secondary N) is 2. The fraction of sp³-hybridized carbons (Fsp3) is 0.382. The number of alkyl halides is 1. The number of hydrogen-bond donors (Lipinski definition) is 2. The van der Waals surface area contributed by atoms with E-state index in [1.165, 1.54) is 0 Å². The second-order valence-corrected chi connectivity index (χ2v) is 11.4. The smallest absolute Gasteiger partial charge is 0.323 e. The second-order valence-electron chi connectivity index (χ2n) is 11.1. The van der Waals surface area contributed by atoms with Crippen LogP contribution in [0.25, 0.3) is 22.2 Å². The molecule has 7 nitrogen and oxygen atoms in total. The van der Waals surface area contributed by atoms with Gasteiger partial charge in [-0.2, -0.15) is 0 Å². The van der Waals surface area contributed by atoms with Crippen LogP contribution in [0, 0.1) is 0 Å². The molecule has 0 saturated heterocycles. The monoisotopic (exact) mass is 588 g/mol. The van der Waals surface area contributed by atoms with Crippen LogP contribution >= 0.6 is 11.6 Å². The predicted octanol–water partition coefficient (Wildman–Crippen LogP) is 8.76. The molecule has 4 rings (SSSR count). The number of pyridine rings is 2. The fourth-order valence-corrected chi connectivity index (χ4v) is 5.27. The van der Waals surface area contributed by atoms with Gasteiger partial charge in [-0.1, -0.05) is 71.4 Å². The summed E-state index contributed by atoms with van der Waals surface area (Å²) in [5, 5.41) is 6.84. The van der Waals surface area contributed by atoms with Gasteiger partial charge in [0, 0.05) is 35.3 Å². The quantitative estimate of drug-likeness (QED) is 0.128. The van der Waals surface area contributed by atoms with Crippen molar-refractivity contribution in [1.29, 1.82) is 0 Å². The summed E-state index contributed by atoms with van der Waals surface area (Å²) >= 11 is 5.84. The van der Waals surface area contributed by atoms with Gasteiger partial charge in [0.25, 0.3) is 5.56 Å². The fourth-order valence-electron chi connectivity index (χ4n) is 5.16. The number of halogens is 1. The molecular formula is C34H41ClN4O3. The number of aryl methyl sites for hydroxylation is 1. The largest absolute Gasteiger partial charge is 0.494 e. The van der Waals surface area contributed by atoms with Crippen molar-refractivity contribution in [3.05, 3.63) is 82.3 Å². The number of aromatic nitrogens is 2. The van der Waals surface area contributed by atoms with Gasteiger partial charge in [0.1, 0.15) is 17.1 Å². The van der Waals surface area contributed by atoms with E-state index in [0.717, 1.165) is 47.0 Å². The Morgan fingerprint density at radius 2 is 1.64 bits per heavy atom. The van der Waals surface area contributed by atoms with Crippen LogP contribution in [0.15, 0.2) is 65.6 Å². The number of carbonyl (C=O) groups is 1. The molecule has 0 saturated carbocycles. The summed E-state index contributed by atoms with van der Waals surface area (Å²) in [6.45, 7) is 11.5. The topological polar surface area (TPSA) is 85.2 Å². The molecule has 8 heteroatoms. The first kappa shape index (κ1) is 31.1. The molecule has 0 bridgehead atoms. The molecular weight excluding hydrogens is 548 g/mol. The molecule has 2 heterocycles. The summed E-state index contributed by atoms with van der Waals surface area (Å²) in [4.78, 5) is 32.5. The molecule has 2 amide bonds. The van der Waals surface area contributed by atoms with Crippen LogP contribution in [-0.4, -0.2) is 28.1 Å².